The zero-order chi connectivity index (χ0) is 30.3. The first-order chi connectivity index (χ1) is 20.1. The Bertz CT molecular complexity index is 1460. The Kier molecular flexibility index (Phi) is 10.9. The molecule has 1 saturated carbocycles. The zero-order valence-electron chi connectivity index (χ0n) is 23.9. The summed E-state index contributed by atoms with van der Waals surface area (Å²) in [6.45, 7) is 3.39. The lowest BCUT2D eigenvalue weighted by atomic mass is 9.95. The highest BCUT2D eigenvalue weighted by molar-refractivity contribution is 7.92. The van der Waals surface area contributed by atoms with Crippen molar-refractivity contribution in [1.29, 1.82) is 0 Å². The van der Waals surface area contributed by atoms with Crippen molar-refractivity contribution in [3.8, 4) is 0 Å². The minimum Gasteiger partial charge on any atom is -0.352 e. The molecule has 42 heavy (non-hydrogen) atoms. The topological polar surface area (TPSA) is 86.8 Å². The molecule has 0 heterocycles. The van der Waals surface area contributed by atoms with Crippen molar-refractivity contribution in [1.82, 2.24) is 10.2 Å². The van der Waals surface area contributed by atoms with E-state index >= 15 is 0 Å². The van der Waals surface area contributed by atoms with Crippen molar-refractivity contribution < 1.29 is 18.0 Å². The smallest absolute Gasteiger partial charge is 0.264 e. The Balaban J connectivity index is 1.69. The monoisotopic (exact) mass is 629 g/mol. The van der Waals surface area contributed by atoms with Gasteiger partial charge in [-0.15, -0.1) is 0 Å². The normalized spacial score (nSPS) is 14.7. The number of carbonyl (C=O) groups is 2. The number of benzene rings is 3. The molecule has 1 fully saturated rings. The van der Waals surface area contributed by atoms with Crippen LogP contribution in [0.15, 0.2) is 77.7 Å². The summed E-state index contributed by atoms with van der Waals surface area (Å²) >= 11 is 12.1. The third kappa shape index (κ3) is 8.06. The molecule has 0 bridgehead atoms. The Labute approximate surface area is 258 Å². The van der Waals surface area contributed by atoms with Crippen molar-refractivity contribution >= 4 is 50.7 Å². The van der Waals surface area contributed by atoms with Crippen LogP contribution in [0.3, 0.4) is 0 Å². The van der Waals surface area contributed by atoms with Crippen molar-refractivity contribution in [3.05, 3.63) is 94.0 Å². The predicted molar refractivity (Wildman–Crippen MR) is 168 cm³/mol. The second-order valence-corrected chi connectivity index (χ2v) is 13.5. The van der Waals surface area contributed by atoms with Crippen molar-refractivity contribution in [3.63, 3.8) is 0 Å². The van der Waals surface area contributed by atoms with Crippen molar-refractivity contribution in [2.75, 3.05) is 10.8 Å². The first kappa shape index (κ1) is 31.9. The molecule has 0 aromatic heterocycles. The summed E-state index contributed by atoms with van der Waals surface area (Å²) in [7, 11) is -4.16. The molecule has 2 amide bonds. The molecule has 1 aliphatic rings. The van der Waals surface area contributed by atoms with Crippen LogP contribution in [0.2, 0.25) is 10.0 Å². The number of aryl methyl sites for hydroxylation is 1. The molecule has 7 nitrogen and oxygen atoms in total. The van der Waals surface area contributed by atoms with Gasteiger partial charge in [0.15, 0.2) is 0 Å². The average Bonchev–Trinajstić information content (AvgIpc) is 2.98. The van der Waals surface area contributed by atoms with E-state index in [9.17, 15) is 18.0 Å². The summed E-state index contributed by atoms with van der Waals surface area (Å²) in [5.74, 6) is -0.720. The molecule has 0 saturated heterocycles. The molecule has 10 heteroatoms. The summed E-state index contributed by atoms with van der Waals surface area (Å²) in [4.78, 5) is 29.3. The summed E-state index contributed by atoms with van der Waals surface area (Å²) in [5, 5.41) is 4.11. The van der Waals surface area contributed by atoms with E-state index in [1.54, 1.807) is 48.5 Å². The molecule has 1 aliphatic carbocycles. The highest BCUT2D eigenvalue weighted by atomic mass is 35.5. The summed E-state index contributed by atoms with van der Waals surface area (Å²) in [6, 6.07) is 19.1. The number of anilines is 1. The second kappa shape index (κ2) is 14.4. The number of hydrogen-bond donors (Lipinski definition) is 1. The number of rotatable bonds is 11. The first-order valence-corrected chi connectivity index (χ1v) is 16.5. The highest BCUT2D eigenvalue weighted by Crippen LogP contribution is 2.26. The van der Waals surface area contributed by atoms with E-state index in [1.807, 2.05) is 13.8 Å². The van der Waals surface area contributed by atoms with Crippen molar-refractivity contribution in [2.24, 2.45) is 0 Å². The van der Waals surface area contributed by atoms with E-state index in [0.29, 0.717) is 22.2 Å². The molecule has 3 aromatic rings. The van der Waals surface area contributed by atoms with E-state index < -0.39 is 28.5 Å². The van der Waals surface area contributed by atoms with Gasteiger partial charge in [0.25, 0.3) is 10.0 Å². The number of hydrogen-bond acceptors (Lipinski definition) is 4. The van der Waals surface area contributed by atoms with Crippen LogP contribution in [0.4, 0.5) is 5.69 Å². The zero-order valence-corrected chi connectivity index (χ0v) is 26.3. The van der Waals surface area contributed by atoms with Crippen LogP contribution in [0.5, 0.6) is 0 Å². The number of sulfonamides is 1. The maximum atomic E-state index is 14.2. The van der Waals surface area contributed by atoms with Gasteiger partial charge in [-0.1, -0.05) is 79.2 Å². The lowest BCUT2D eigenvalue weighted by Gasteiger charge is -2.34. The molecule has 4 rings (SSSR count). The molecule has 0 spiro atoms. The fourth-order valence-corrected chi connectivity index (χ4v) is 6.89. The van der Waals surface area contributed by atoms with Gasteiger partial charge in [-0.2, -0.15) is 0 Å². The van der Waals surface area contributed by atoms with Crippen LogP contribution in [-0.4, -0.2) is 43.8 Å². The maximum absolute atomic E-state index is 14.2. The predicted octanol–water partition coefficient (Wildman–Crippen LogP) is 6.75. The molecule has 0 radical (unpaired) electrons. The van der Waals surface area contributed by atoms with Gasteiger partial charge in [0.05, 0.1) is 10.6 Å². The van der Waals surface area contributed by atoms with E-state index in [0.717, 1.165) is 47.5 Å². The molecule has 1 atom stereocenters. The summed E-state index contributed by atoms with van der Waals surface area (Å²) in [5.41, 5.74) is 2.07. The molecule has 224 valence electrons. The maximum Gasteiger partial charge on any atom is 0.264 e. The van der Waals surface area contributed by atoms with Gasteiger partial charge in [-0.3, -0.25) is 13.9 Å². The minimum absolute atomic E-state index is 0.00612. The molecule has 0 unspecified atom stereocenters. The van der Waals surface area contributed by atoms with Gasteiger partial charge in [-0.05, 0) is 80.3 Å². The fourth-order valence-electron chi connectivity index (χ4n) is 5.22. The lowest BCUT2D eigenvalue weighted by Crippen LogP contribution is -2.54. The fraction of sp³-hybridized carbons (Fsp3) is 0.375. The van der Waals surface area contributed by atoms with Crippen LogP contribution >= 0.6 is 23.2 Å². The molecule has 1 N–H and O–H groups in total. The van der Waals surface area contributed by atoms with Crippen LogP contribution in [0.25, 0.3) is 0 Å². The average molecular weight is 631 g/mol. The van der Waals surface area contributed by atoms with Crippen LogP contribution < -0.4 is 9.62 Å². The lowest BCUT2D eigenvalue weighted by molar-refractivity contribution is -0.140. The molecule has 0 aliphatic heterocycles. The van der Waals surface area contributed by atoms with Crippen molar-refractivity contribution in [2.45, 2.75) is 75.9 Å². The van der Waals surface area contributed by atoms with Crippen LogP contribution in [0, 0.1) is 6.92 Å². The molecule has 3 aromatic carbocycles. The highest BCUT2D eigenvalue weighted by Gasteiger charge is 2.34. The van der Waals surface area contributed by atoms with Crippen LogP contribution in [0.1, 0.15) is 56.6 Å². The van der Waals surface area contributed by atoms with Gasteiger partial charge in [0, 0.05) is 22.6 Å². The Hall–Kier alpha value is -3.07. The summed E-state index contributed by atoms with van der Waals surface area (Å²) < 4.78 is 29.0. The van der Waals surface area contributed by atoms with E-state index in [2.05, 4.69) is 5.32 Å². The van der Waals surface area contributed by atoms with E-state index in [-0.39, 0.29) is 23.4 Å². The van der Waals surface area contributed by atoms with Gasteiger partial charge in [-0.25, -0.2) is 8.42 Å². The number of nitrogens with zero attached hydrogens (tertiary/aromatic N) is 2. The quantitative estimate of drug-likeness (QED) is 0.254. The summed E-state index contributed by atoms with van der Waals surface area (Å²) in [6.07, 6.45) is 5.46. The SMILES string of the molecule is CC[C@H](C(=O)NC1CCCCC1)N(Cc1ccc(Cl)cc1)C(=O)CN(c1ccc(C)cc1)S(=O)(=O)c1ccc(Cl)cc1. The standard InChI is InChI=1S/C32H37Cl2N3O4S/c1-3-30(32(39)35-27-7-5-4-6-8-27)36(21-24-11-13-25(33)14-12-24)31(38)22-37(28-17-9-23(2)10-18-28)42(40,41)29-19-15-26(34)16-20-29/h9-20,27,30H,3-8,21-22H2,1-2H3,(H,35,39)/t30-/m1/s1. The van der Waals surface area contributed by atoms with Gasteiger partial charge < -0.3 is 10.2 Å². The minimum atomic E-state index is -4.16. The van der Waals surface area contributed by atoms with Crippen LogP contribution in [-0.2, 0) is 26.2 Å². The molecular formula is C32H37Cl2N3O4S. The second-order valence-electron chi connectivity index (χ2n) is 10.7. The number of nitrogens with one attached hydrogen (secondary N) is 1. The third-order valence-corrected chi connectivity index (χ3v) is 9.90. The van der Waals surface area contributed by atoms with Gasteiger partial charge in [0.1, 0.15) is 12.6 Å². The third-order valence-electron chi connectivity index (χ3n) is 7.61. The van der Waals surface area contributed by atoms with E-state index in [4.69, 9.17) is 23.2 Å². The van der Waals surface area contributed by atoms with Gasteiger partial charge >= 0.3 is 0 Å². The number of amides is 2. The van der Waals surface area contributed by atoms with E-state index in [1.165, 1.54) is 29.2 Å². The Morgan fingerprint density at radius 1 is 0.881 bits per heavy atom. The number of carbonyl (C=O) groups excluding carboxylic acids is 2. The Morgan fingerprint density at radius 2 is 1.45 bits per heavy atom. The number of halogens is 2. The largest absolute Gasteiger partial charge is 0.352 e. The Morgan fingerprint density at radius 3 is 2.02 bits per heavy atom. The molecular weight excluding hydrogens is 593 g/mol. The van der Waals surface area contributed by atoms with Gasteiger partial charge in [0.2, 0.25) is 11.8 Å². The first-order valence-electron chi connectivity index (χ1n) is 14.3.